The highest BCUT2D eigenvalue weighted by molar-refractivity contribution is 5.69. The maximum atomic E-state index is 12.8. The van der Waals surface area contributed by atoms with Gasteiger partial charge in [0.1, 0.15) is 5.60 Å². The average Bonchev–Trinajstić information content (AvgIpc) is 2.49. The summed E-state index contributed by atoms with van der Waals surface area (Å²) in [7, 11) is 0. The lowest BCUT2D eigenvalue weighted by Gasteiger charge is -2.32. The minimum absolute atomic E-state index is 0.127. The standard InChI is InChI=1S/C10H17F3N2O2/c1-9(2,3)17-8(16)15(10(11,12)13)7-4-5-14-6-7/h7,14H,4-6H2,1-3H3/t7-/m1/s1. The Kier molecular flexibility index (Phi) is 3.91. The molecule has 1 aliphatic rings. The molecule has 1 heterocycles. The summed E-state index contributed by atoms with van der Waals surface area (Å²) in [6, 6.07) is -0.884. The Labute approximate surface area is 98.1 Å². The van der Waals surface area contributed by atoms with Crippen LogP contribution < -0.4 is 5.32 Å². The quantitative estimate of drug-likeness (QED) is 0.729. The molecule has 0 radical (unpaired) electrons. The molecule has 0 aromatic carbocycles. The summed E-state index contributed by atoms with van der Waals surface area (Å²) in [4.78, 5) is 11.4. The van der Waals surface area contributed by atoms with Crippen molar-refractivity contribution >= 4 is 6.09 Å². The second kappa shape index (κ2) is 4.72. The Morgan fingerprint density at radius 3 is 2.29 bits per heavy atom. The summed E-state index contributed by atoms with van der Waals surface area (Å²) < 4.78 is 43.2. The van der Waals surface area contributed by atoms with Gasteiger partial charge in [-0.1, -0.05) is 0 Å². The molecule has 1 atom stereocenters. The number of nitrogens with one attached hydrogen (secondary N) is 1. The van der Waals surface area contributed by atoms with Gasteiger partial charge in [0.2, 0.25) is 0 Å². The Morgan fingerprint density at radius 2 is 1.94 bits per heavy atom. The predicted octanol–water partition coefficient (Wildman–Crippen LogP) is 2.11. The zero-order chi connectivity index (χ0) is 13.3. The lowest BCUT2D eigenvalue weighted by Crippen LogP contribution is -2.52. The van der Waals surface area contributed by atoms with Gasteiger partial charge in [-0.2, -0.15) is 0 Å². The monoisotopic (exact) mass is 254 g/mol. The molecule has 0 saturated carbocycles. The maximum absolute atomic E-state index is 12.8. The fourth-order valence-corrected chi connectivity index (χ4v) is 1.63. The van der Waals surface area contributed by atoms with Crippen LogP contribution in [-0.2, 0) is 4.74 Å². The van der Waals surface area contributed by atoms with Crippen molar-refractivity contribution in [2.75, 3.05) is 13.1 Å². The van der Waals surface area contributed by atoms with Gasteiger partial charge < -0.3 is 10.1 Å². The topological polar surface area (TPSA) is 41.6 Å². The van der Waals surface area contributed by atoms with Crippen LogP contribution in [0.4, 0.5) is 18.0 Å². The zero-order valence-electron chi connectivity index (χ0n) is 10.1. The summed E-state index contributed by atoms with van der Waals surface area (Å²) in [5.41, 5.74) is -0.938. The highest BCUT2D eigenvalue weighted by atomic mass is 19.4. The van der Waals surface area contributed by atoms with E-state index in [4.69, 9.17) is 4.74 Å². The molecule has 0 aliphatic carbocycles. The van der Waals surface area contributed by atoms with Crippen LogP contribution in [0.1, 0.15) is 27.2 Å². The number of carbonyl (C=O) groups excluding carboxylic acids is 1. The Balaban J connectivity index is 2.79. The van der Waals surface area contributed by atoms with E-state index in [2.05, 4.69) is 5.32 Å². The van der Waals surface area contributed by atoms with Crippen molar-refractivity contribution in [1.82, 2.24) is 10.2 Å². The van der Waals surface area contributed by atoms with Gasteiger partial charge in [-0.15, -0.1) is 13.2 Å². The summed E-state index contributed by atoms with van der Waals surface area (Å²) in [5.74, 6) is 0. The minimum atomic E-state index is -4.71. The van der Waals surface area contributed by atoms with Crippen molar-refractivity contribution in [2.45, 2.75) is 45.1 Å². The summed E-state index contributed by atoms with van der Waals surface area (Å²) in [6.45, 7) is 5.21. The van der Waals surface area contributed by atoms with E-state index in [1.807, 2.05) is 0 Å². The summed E-state index contributed by atoms with van der Waals surface area (Å²) in [5, 5.41) is 2.79. The van der Waals surface area contributed by atoms with Crippen LogP contribution in [0.15, 0.2) is 0 Å². The molecule has 1 N–H and O–H groups in total. The van der Waals surface area contributed by atoms with Crippen LogP contribution in [0.2, 0.25) is 0 Å². The first-order chi connectivity index (χ1) is 7.61. The van der Waals surface area contributed by atoms with Crippen LogP contribution in [-0.4, -0.2) is 42.0 Å². The van der Waals surface area contributed by atoms with E-state index < -0.39 is 24.0 Å². The maximum Gasteiger partial charge on any atom is 0.490 e. The van der Waals surface area contributed by atoms with Gasteiger partial charge in [0.25, 0.3) is 0 Å². The largest absolute Gasteiger partial charge is 0.490 e. The molecule has 0 aromatic rings. The van der Waals surface area contributed by atoms with E-state index in [1.54, 1.807) is 0 Å². The van der Waals surface area contributed by atoms with E-state index in [0.29, 0.717) is 6.54 Å². The van der Waals surface area contributed by atoms with Gasteiger partial charge in [0, 0.05) is 6.54 Å². The van der Waals surface area contributed by atoms with E-state index in [9.17, 15) is 18.0 Å². The van der Waals surface area contributed by atoms with Gasteiger partial charge in [0.05, 0.1) is 6.04 Å². The SMILES string of the molecule is CC(C)(C)OC(=O)N([C@@H]1CCNC1)C(F)(F)F. The Bertz CT molecular complexity index is 280. The van der Waals surface area contributed by atoms with Crippen molar-refractivity contribution in [1.29, 1.82) is 0 Å². The molecule has 1 aliphatic heterocycles. The van der Waals surface area contributed by atoms with Gasteiger partial charge >= 0.3 is 12.4 Å². The van der Waals surface area contributed by atoms with Crippen molar-refractivity contribution in [3.63, 3.8) is 0 Å². The molecule has 1 saturated heterocycles. The first-order valence-electron chi connectivity index (χ1n) is 5.41. The van der Waals surface area contributed by atoms with E-state index in [1.165, 1.54) is 20.8 Å². The second-order valence-electron chi connectivity index (χ2n) is 4.96. The third kappa shape index (κ3) is 4.07. The first kappa shape index (κ1) is 14.1. The van der Waals surface area contributed by atoms with E-state index >= 15 is 0 Å². The number of ether oxygens (including phenoxy) is 1. The third-order valence-corrected chi connectivity index (χ3v) is 2.26. The number of nitrogens with zero attached hydrogens (tertiary/aromatic N) is 1. The van der Waals surface area contributed by atoms with Crippen LogP contribution in [0.3, 0.4) is 0 Å². The van der Waals surface area contributed by atoms with E-state index in [-0.39, 0.29) is 17.9 Å². The molecule has 100 valence electrons. The molecular formula is C10H17F3N2O2. The average molecular weight is 254 g/mol. The Morgan fingerprint density at radius 1 is 1.35 bits per heavy atom. The molecule has 0 bridgehead atoms. The molecule has 1 rings (SSSR count). The molecule has 0 aromatic heterocycles. The number of amides is 1. The van der Waals surface area contributed by atoms with Crippen LogP contribution in [0.5, 0.6) is 0 Å². The molecule has 4 nitrogen and oxygen atoms in total. The molecule has 17 heavy (non-hydrogen) atoms. The smallest absolute Gasteiger partial charge is 0.443 e. The normalized spacial score (nSPS) is 21.4. The highest BCUT2D eigenvalue weighted by Crippen LogP contribution is 2.28. The summed E-state index contributed by atoms with van der Waals surface area (Å²) >= 11 is 0. The fraction of sp³-hybridized carbons (Fsp3) is 0.900. The molecular weight excluding hydrogens is 237 g/mol. The molecule has 1 fully saturated rings. The van der Waals surface area contributed by atoms with Crippen LogP contribution >= 0.6 is 0 Å². The minimum Gasteiger partial charge on any atom is -0.443 e. The third-order valence-electron chi connectivity index (χ3n) is 2.26. The summed E-state index contributed by atoms with van der Waals surface area (Å²) in [6.07, 6.45) is -5.77. The van der Waals surface area contributed by atoms with Gasteiger partial charge in [-0.3, -0.25) is 0 Å². The zero-order valence-corrected chi connectivity index (χ0v) is 10.1. The number of alkyl halides is 3. The predicted molar refractivity (Wildman–Crippen MR) is 55.4 cm³/mol. The second-order valence-corrected chi connectivity index (χ2v) is 4.96. The number of rotatable bonds is 1. The lowest BCUT2D eigenvalue weighted by molar-refractivity contribution is -0.242. The van der Waals surface area contributed by atoms with Gasteiger partial charge in [-0.05, 0) is 33.7 Å². The fourth-order valence-electron chi connectivity index (χ4n) is 1.63. The number of carbonyl (C=O) groups is 1. The van der Waals surface area contributed by atoms with Crippen molar-refractivity contribution < 1.29 is 22.7 Å². The lowest BCUT2D eigenvalue weighted by atomic mass is 10.2. The number of hydrogen-bond donors (Lipinski definition) is 1. The molecule has 1 amide bonds. The first-order valence-corrected chi connectivity index (χ1v) is 5.41. The Hall–Kier alpha value is -0.980. The van der Waals surface area contributed by atoms with E-state index in [0.717, 1.165) is 0 Å². The van der Waals surface area contributed by atoms with Crippen LogP contribution in [0, 0.1) is 0 Å². The highest BCUT2D eigenvalue weighted by Gasteiger charge is 2.48. The van der Waals surface area contributed by atoms with Crippen LogP contribution in [0.25, 0.3) is 0 Å². The molecule has 0 spiro atoms. The molecule has 7 heteroatoms. The number of halogens is 3. The van der Waals surface area contributed by atoms with Crippen molar-refractivity contribution in [2.24, 2.45) is 0 Å². The van der Waals surface area contributed by atoms with Crippen molar-refractivity contribution in [3.8, 4) is 0 Å². The van der Waals surface area contributed by atoms with Gasteiger partial charge in [-0.25, -0.2) is 9.69 Å². The van der Waals surface area contributed by atoms with Crippen molar-refractivity contribution in [3.05, 3.63) is 0 Å². The number of hydrogen-bond acceptors (Lipinski definition) is 3. The molecule has 0 unspecified atom stereocenters. The van der Waals surface area contributed by atoms with Gasteiger partial charge in [0.15, 0.2) is 0 Å².